The summed E-state index contributed by atoms with van der Waals surface area (Å²) in [5, 5.41) is 1.87. The lowest BCUT2D eigenvalue weighted by Gasteiger charge is -2.31. The number of carbonyl (C=O) groups is 2. The van der Waals surface area contributed by atoms with E-state index in [9.17, 15) is 9.59 Å². The first kappa shape index (κ1) is 22.8. The second kappa shape index (κ2) is 9.13. The van der Waals surface area contributed by atoms with Crippen LogP contribution in [-0.4, -0.2) is 49.0 Å². The van der Waals surface area contributed by atoms with Crippen LogP contribution in [-0.2, 0) is 17.8 Å². The Hall–Kier alpha value is -4.59. The Kier molecular flexibility index (Phi) is 5.64. The molecule has 0 atom stereocenters. The number of fused-ring (bicyclic) bond motifs is 4. The van der Waals surface area contributed by atoms with Gasteiger partial charge in [-0.2, -0.15) is 0 Å². The van der Waals surface area contributed by atoms with Crippen molar-refractivity contribution in [2.24, 2.45) is 0 Å². The molecule has 3 heterocycles. The van der Waals surface area contributed by atoms with Gasteiger partial charge in [0.05, 0.1) is 19.8 Å². The van der Waals surface area contributed by atoms with Crippen molar-refractivity contribution in [1.82, 2.24) is 9.88 Å². The molecule has 2 aliphatic rings. The van der Waals surface area contributed by atoms with E-state index < -0.39 is 0 Å². The molecule has 0 saturated heterocycles. The lowest BCUT2D eigenvalue weighted by atomic mass is 9.98. The summed E-state index contributed by atoms with van der Waals surface area (Å²) >= 11 is 0. The number of carbonyl (C=O) groups excluding carboxylic acids is 2. The number of hydrogen-bond acceptors (Lipinski definition) is 6. The molecule has 0 bridgehead atoms. The van der Waals surface area contributed by atoms with Gasteiger partial charge in [-0.25, -0.2) is 4.98 Å². The van der Waals surface area contributed by atoms with Gasteiger partial charge >= 0.3 is 0 Å². The van der Waals surface area contributed by atoms with Gasteiger partial charge in [-0.15, -0.1) is 0 Å². The van der Waals surface area contributed by atoms with E-state index in [2.05, 4.69) is 4.98 Å². The fraction of sp³-hybridized carbons (Fsp3) is 0.207. The fourth-order valence-electron chi connectivity index (χ4n) is 4.98. The molecule has 0 spiro atoms. The van der Waals surface area contributed by atoms with Crippen LogP contribution in [0.5, 0.6) is 23.1 Å². The van der Waals surface area contributed by atoms with Crippen LogP contribution in [0.15, 0.2) is 66.9 Å². The van der Waals surface area contributed by atoms with Gasteiger partial charge in [-0.1, -0.05) is 24.3 Å². The molecule has 2 amide bonds. The highest BCUT2D eigenvalue weighted by atomic mass is 16.5. The molecule has 0 N–H and O–H groups in total. The number of ether oxygens (including phenoxy) is 3. The van der Waals surface area contributed by atoms with Crippen LogP contribution in [0.25, 0.3) is 10.8 Å². The van der Waals surface area contributed by atoms with E-state index in [1.54, 1.807) is 37.4 Å². The number of benzene rings is 3. The van der Waals surface area contributed by atoms with Crippen LogP contribution in [0.2, 0.25) is 0 Å². The Morgan fingerprint density at radius 1 is 0.973 bits per heavy atom. The van der Waals surface area contributed by atoms with E-state index in [1.807, 2.05) is 48.5 Å². The molecule has 6 rings (SSSR count). The highest BCUT2D eigenvalue weighted by molar-refractivity contribution is 6.13. The number of hydrogen-bond donors (Lipinski definition) is 0. The number of rotatable bonds is 4. The highest BCUT2D eigenvalue weighted by Crippen LogP contribution is 2.39. The topological polar surface area (TPSA) is 81.2 Å². The molecule has 186 valence electrons. The molecule has 0 saturated carbocycles. The minimum Gasteiger partial charge on any atom is -0.493 e. The molecule has 4 aromatic rings. The molecule has 37 heavy (non-hydrogen) atoms. The van der Waals surface area contributed by atoms with Crippen LogP contribution < -0.4 is 19.1 Å². The van der Waals surface area contributed by atoms with E-state index >= 15 is 0 Å². The quantitative estimate of drug-likeness (QED) is 0.412. The molecule has 1 aromatic heterocycles. The number of aromatic nitrogens is 1. The molecule has 0 unspecified atom stereocenters. The lowest BCUT2D eigenvalue weighted by Crippen LogP contribution is -2.44. The van der Waals surface area contributed by atoms with E-state index in [0.29, 0.717) is 53.9 Å². The highest BCUT2D eigenvalue weighted by Gasteiger charge is 2.33. The zero-order valence-corrected chi connectivity index (χ0v) is 20.6. The first-order valence-corrected chi connectivity index (χ1v) is 12.0. The zero-order valence-electron chi connectivity index (χ0n) is 20.6. The molecular formula is C29H25N3O5. The normalized spacial score (nSPS) is 14.3. The van der Waals surface area contributed by atoms with Gasteiger partial charge in [0, 0.05) is 19.3 Å². The third-order valence-electron chi connectivity index (χ3n) is 6.94. The van der Waals surface area contributed by atoms with Crippen molar-refractivity contribution in [3.8, 4) is 23.1 Å². The average Bonchev–Trinajstić information content (AvgIpc) is 3.04. The maximum absolute atomic E-state index is 13.8. The molecular weight excluding hydrogens is 470 g/mol. The number of nitrogens with zero attached hydrogens (tertiary/aromatic N) is 3. The van der Waals surface area contributed by atoms with Crippen LogP contribution in [0, 0.1) is 0 Å². The molecule has 3 aromatic carbocycles. The van der Waals surface area contributed by atoms with E-state index in [4.69, 9.17) is 14.2 Å². The van der Waals surface area contributed by atoms with Crippen LogP contribution >= 0.6 is 0 Å². The standard InChI is InChI=1S/C29H25N3O5/c1-35-25-14-20-9-11-31(16-21(20)15-26(25)36-2)27(33)17-32-23-8-5-10-30-28(23)37-24-13-19-7-4-3-6-18(19)12-22(24)29(32)34/h3-8,10,12-15H,9,11,16-17H2,1-2H3. The number of methoxy groups -OCH3 is 2. The summed E-state index contributed by atoms with van der Waals surface area (Å²) in [6.07, 6.45) is 2.30. The van der Waals surface area contributed by atoms with E-state index in [-0.39, 0.29) is 18.4 Å². The summed E-state index contributed by atoms with van der Waals surface area (Å²) in [7, 11) is 3.20. The summed E-state index contributed by atoms with van der Waals surface area (Å²) < 4.78 is 17.0. The van der Waals surface area contributed by atoms with Crippen LogP contribution in [0.4, 0.5) is 5.69 Å². The van der Waals surface area contributed by atoms with Gasteiger partial charge in [0.15, 0.2) is 11.5 Å². The zero-order chi connectivity index (χ0) is 25.5. The first-order valence-electron chi connectivity index (χ1n) is 12.0. The third kappa shape index (κ3) is 4.00. The fourth-order valence-corrected chi connectivity index (χ4v) is 4.98. The number of amides is 2. The first-order chi connectivity index (χ1) is 18.1. The summed E-state index contributed by atoms with van der Waals surface area (Å²) in [6, 6.07) is 18.8. The lowest BCUT2D eigenvalue weighted by molar-refractivity contribution is -0.130. The predicted molar refractivity (Wildman–Crippen MR) is 139 cm³/mol. The Labute approximate surface area is 214 Å². The molecule has 8 heteroatoms. The molecule has 0 radical (unpaired) electrons. The van der Waals surface area contributed by atoms with Crippen molar-refractivity contribution in [1.29, 1.82) is 0 Å². The predicted octanol–water partition coefficient (Wildman–Crippen LogP) is 4.59. The molecule has 0 fully saturated rings. The summed E-state index contributed by atoms with van der Waals surface area (Å²) in [5.74, 6) is 1.55. The maximum Gasteiger partial charge on any atom is 0.262 e. The van der Waals surface area contributed by atoms with Crippen molar-refractivity contribution in [2.75, 3.05) is 32.2 Å². The van der Waals surface area contributed by atoms with Crippen molar-refractivity contribution in [3.63, 3.8) is 0 Å². The van der Waals surface area contributed by atoms with Gasteiger partial charge in [0.25, 0.3) is 5.91 Å². The summed E-state index contributed by atoms with van der Waals surface area (Å²) in [4.78, 5) is 35.0. The van der Waals surface area contributed by atoms with Gasteiger partial charge in [0.2, 0.25) is 11.8 Å². The molecule has 8 nitrogen and oxygen atoms in total. The summed E-state index contributed by atoms with van der Waals surface area (Å²) in [5.41, 5.74) is 2.98. The average molecular weight is 496 g/mol. The SMILES string of the molecule is COc1cc2c(cc1OC)CN(C(=O)CN1C(=O)c3cc4ccccc4cc3Oc3ncccc31)CC2. The smallest absolute Gasteiger partial charge is 0.262 e. The Morgan fingerprint density at radius 3 is 2.46 bits per heavy atom. The monoisotopic (exact) mass is 495 g/mol. The Balaban J connectivity index is 1.32. The largest absolute Gasteiger partial charge is 0.493 e. The maximum atomic E-state index is 13.8. The van der Waals surface area contributed by atoms with Crippen molar-refractivity contribution in [2.45, 2.75) is 13.0 Å². The van der Waals surface area contributed by atoms with Gasteiger partial charge in [-0.05, 0) is 64.7 Å². The van der Waals surface area contributed by atoms with Gasteiger partial charge in [0.1, 0.15) is 18.0 Å². The number of pyridine rings is 1. The second-order valence-corrected chi connectivity index (χ2v) is 9.06. The minimum atomic E-state index is -0.301. The third-order valence-corrected chi connectivity index (χ3v) is 6.94. The molecule has 2 aliphatic heterocycles. The van der Waals surface area contributed by atoms with Crippen LogP contribution in [0.3, 0.4) is 0 Å². The number of anilines is 1. The Morgan fingerprint density at radius 2 is 1.70 bits per heavy atom. The van der Waals surface area contributed by atoms with Gasteiger partial charge in [-0.3, -0.25) is 14.5 Å². The van der Waals surface area contributed by atoms with Crippen LogP contribution in [0.1, 0.15) is 21.5 Å². The van der Waals surface area contributed by atoms with Gasteiger partial charge < -0.3 is 19.1 Å². The van der Waals surface area contributed by atoms with Crippen molar-refractivity contribution >= 4 is 28.3 Å². The Bertz CT molecular complexity index is 1550. The van der Waals surface area contributed by atoms with Crippen molar-refractivity contribution in [3.05, 3.63) is 83.6 Å². The summed E-state index contributed by atoms with van der Waals surface area (Å²) in [6.45, 7) is 0.838. The second-order valence-electron chi connectivity index (χ2n) is 9.06. The minimum absolute atomic E-state index is 0.129. The molecule has 0 aliphatic carbocycles. The van der Waals surface area contributed by atoms with E-state index in [1.165, 1.54) is 4.90 Å². The van der Waals surface area contributed by atoms with E-state index in [0.717, 1.165) is 21.9 Å². The van der Waals surface area contributed by atoms with Crippen molar-refractivity contribution < 1.29 is 23.8 Å².